The summed E-state index contributed by atoms with van der Waals surface area (Å²) >= 11 is 5.75. The molecule has 2 aromatic heterocycles. The molecule has 4 nitrogen and oxygen atoms in total. The van der Waals surface area contributed by atoms with Crippen LogP contribution >= 0.6 is 11.6 Å². The van der Waals surface area contributed by atoms with Gasteiger partial charge in [0, 0.05) is 0 Å². The Labute approximate surface area is 81.4 Å². The highest BCUT2D eigenvalue weighted by molar-refractivity contribution is 6.33. The van der Waals surface area contributed by atoms with Crippen LogP contribution < -0.4 is 0 Å². The lowest BCUT2D eigenvalue weighted by molar-refractivity contribution is 1.16. The summed E-state index contributed by atoms with van der Waals surface area (Å²) in [5.74, 6) is 0.794. The summed E-state index contributed by atoms with van der Waals surface area (Å²) < 4.78 is 0. The SMILES string of the molecule is CC.Cc1nc2ncnc(Cl)c2[nH]1. The van der Waals surface area contributed by atoms with Gasteiger partial charge in [0.15, 0.2) is 10.8 Å². The van der Waals surface area contributed by atoms with Gasteiger partial charge in [-0.25, -0.2) is 15.0 Å². The summed E-state index contributed by atoms with van der Waals surface area (Å²) in [5.41, 5.74) is 1.31. The van der Waals surface area contributed by atoms with Crippen molar-refractivity contribution in [3.05, 3.63) is 17.3 Å². The zero-order valence-corrected chi connectivity index (χ0v) is 8.55. The van der Waals surface area contributed by atoms with Crippen LogP contribution in [0, 0.1) is 6.92 Å². The Morgan fingerprint density at radius 3 is 2.62 bits per heavy atom. The first kappa shape index (κ1) is 9.92. The van der Waals surface area contributed by atoms with Gasteiger partial charge in [-0.3, -0.25) is 0 Å². The van der Waals surface area contributed by atoms with Gasteiger partial charge in [-0.15, -0.1) is 0 Å². The van der Waals surface area contributed by atoms with Crippen molar-refractivity contribution < 1.29 is 0 Å². The smallest absolute Gasteiger partial charge is 0.182 e. The molecule has 13 heavy (non-hydrogen) atoms. The standard InChI is InChI=1S/C6H5ClN4.C2H6/c1-3-10-4-5(7)8-2-9-6(4)11-3;1-2/h2H,1H3,(H,8,9,10,11);1-2H3. The second-order valence-electron chi connectivity index (χ2n) is 2.19. The summed E-state index contributed by atoms with van der Waals surface area (Å²) in [4.78, 5) is 14.8. The predicted octanol–water partition coefficient (Wildman–Crippen LogP) is 2.34. The topological polar surface area (TPSA) is 54.5 Å². The van der Waals surface area contributed by atoms with Crippen LogP contribution in [-0.4, -0.2) is 19.9 Å². The monoisotopic (exact) mass is 198 g/mol. The third-order valence-electron chi connectivity index (χ3n) is 1.36. The lowest BCUT2D eigenvalue weighted by Crippen LogP contribution is -1.80. The van der Waals surface area contributed by atoms with E-state index >= 15 is 0 Å². The molecule has 0 aliphatic rings. The number of H-pyrrole nitrogens is 1. The Balaban J connectivity index is 0.000000396. The summed E-state index contributed by atoms with van der Waals surface area (Å²) in [6.45, 7) is 5.85. The molecule has 0 atom stereocenters. The van der Waals surface area contributed by atoms with Crippen LogP contribution in [0.15, 0.2) is 6.33 Å². The Bertz CT molecular complexity index is 396. The normalized spacial score (nSPS) is 9.54. The Morgan fingerprint density at radius 1 is 1.31 bits per heavy atom. The molecular formula is C8H11ClN4. The van der Waals surface area contributed by atoms with Crippen LogP contribution in [-0.2, 0) is 0 Å². The maximum Gasteiger partial charge on any atom is 0.182 e. The van der Waals surface area contributed by atoms with E-state index in [0.717, 1.165) is 5.82 Å². The molecule has 70 valence electrons. The highest BCUT2D eigenvalue weighted by Crippen LogP contribution is 2.15. The van der Waals surface area contributed by atoms with Crippen LogP contribution in [0.4, 0.5) is 0 Å². The largest absolute Gasteiger partial charge is 0.338 e. The number of aryl methyl sites for hydroxylation is 1. The van der Waals surface area contributed by atoms with E-state index in [1.807, 2.05) is 20.8 Å². The molecule has 2 aromatic rings. The molecule has 0 saturated carbocycles. The molecule has 0 unspecified atom stereocenters. The van der Waals surface area contributed by atoms with Crippen molar-refractivity contribution >= 4 is 22.8 Å². The fourth-order valence-corrected chi connectivity index (χ4v) is 1.09. The van der Waals surface area contributed by atoms with E-state index in [1.165, 1.54) is 6.33 Å². The van der Waals surface area contributed by atoms with Gasteiger partial charge in [0.25, 0.3) is 0 Å². The van der Waals surface area contributed by atoms with E-state index in [-0.39, 0.29) is 0 Å². The predicted molar refractivity (Wildman–Crippen MR) is 52.8 cm³/mol. The fourth-order valence-electron chi connectivity index (χ4n) is 0.916. The van der Waals surface area contributed by atoms with Gasteiger partial charge >= 0.3 is 0 Å². The molecule has 0 radical (unpaired) electrons. The number of hydrogen-bond donors (Lipinski definition) is 1. The third-order valence-corrected chi connectivity index (χ3v) is 1.65. The van der Waals surface area contributed by atoms with E-state index in [1.54, 1.807) is 0 Å². The molecule has 0 fully saturated rings. The lowest BCUT2D eigenvalue weighted by Gasteiger charge is -1.87. The van der Waals surface area contributed by atoms with Gasteiger partial charge in [-0.2, -0.15) is 0 Å². The highest BCUT2D eigenvalue weighted by atomic mass is 35.5. The van der Waals surface area contributed by atoms with Crippen molar-refractivity contribution in [1.29, 1.82) is 0 Å². The van der Waals surface area contributed by atoms with Crippen LogP contribution in [0.3, 0.4) is 0 Å². The van der Waals surface area contributed by atoms with E-state index in [9.17, 15) is 0 Å². The van der Waals surface area contributed by atoms with Crippen LogP contribution in [0.2, 0.25) is 5.15 Å². The highest BCUT2D eigenvalue weighted by Gasteiger charge is 2.03. The Morgan fingerprint density at radius 2 is 2.00 bits per heavy atom. The molecule has 0 aliphatic carbocycles. The van der Waals surface area contributed by atoms with Gasteiger partial charge in [0.2, 0.25) is 0 Å². The number of nitrogens with zero attached hydrogens (tertiary/aromatic N) is 3. The van der Waals surface area contributed by atoms with Crippen LogP contribution in [0.25, 0.3) is 11.2 Å². The van der Waals surface area contributed by atoms with Gasteiger partial charge in [-0.1, -0.05) is 25.4 Å². The summed E-state index contributed by atoms with van der Waals surface area (Å²) in [5, 5.41) is 0.413. The molecular weight excluding hydrogens is 188 g/mol. The molecule has 0 amide bonds. The minimum absolute atomic E-state index is 0.413. The molecule has 0 aromatic carbocycles. The number of hydrogen-bond acceptors (Lipinski definition) is 3. The molecule has 2 heterocycles. The van der Waals surface area contributed by atoms with Crippen molar-refractivity contribution in [3.8, 4) is 0 Å². The molecule has 2 rings (SSSR count). The summed E-state index contributed by atoms with van der Waals surface area (Å²) in [7, 11) is 0. The van der Waals surface area contributed by atoms with Gasteiger partial charge in [0.05, 0.1) is 0 Å². The van der Waals surface area contributed by atoms with Crippen LogP contribution in [0.5, 0.6) is 0 Å². The average molecular weight is 199 g/mol. The Hall–Kier alpha value is -1.16. The van der Waals surface area contributed by atoms with E-state index in [4.69, 9.17) is 11.6 Å². The van der Waals surface area contributed by atoms with Gasteiger partial charge < -0.3 is 4.98 Å². The zero-order valence-electron chi connectivity index (χ0n) is 7.80. The Kier molecular flexibility index (Phi) is 3.19. The number of halogens is 1. The zero-order chi connectivity index (χ0) is 9.84. The maximum atomic E-state index is 5.75. The quantitative estimate of drug-likeness (QED) is 0.661. The molecule has 0 saturated heterocycles. The molecule has 0 spiro atoms. The van der Waals surface area contributed by atoms with Crippen molar-refractivity contribution in [1.82, 2.24) is 19.9 Å². The van der Waals surface area contributed by atoms with E-state index in [0.29, 0.717) is 16.3 Å². The maximum absolute atomic E-state index is 5.75. The first-order valence-corrected chi connectivity index (χ1v) is 4.48. The molecule has 0 bridgehead atoms. The first-order chi connectivity index (χ1) is 6.27. The number of imidazole rings is 1. The van der Waals surface area contributed by atoms with Crippen molar-refractivity contribution in [2.24, 2.45) is 0 Å². The van der Waals surface area contributed by atoms with Gasteiger partial charge in [-0.05, 0) is 6.92 Å². The van der Waals surface area contributed by atoms with Crippen LogP contribution in [0.1, 0.15) is 19.7 Å². The van der Waals surface area contributed by atoms with Crippen molar-refractivity contribution in [2.75, 3.05) is 0 Å². The number of aromatic amines is 1. The van der Waals surface area contributed by atoms with Crippen molar-refractivity contribution in [2.45, 2.75) is 20.8 Å². The minimum Gasteiger partial charge on any atom is -0.338 e. The van der Waals surface area contributed by atoms with Crippen molar-refractivity contribution in [3.63, 3.8) is 0 Å². The second kappa shape index (κ2) is 4.18. The summed E-state index contributed by atoms with van der Waals surface area (Å²) in [6, 6.07) is 0. The molecule has 0 aliphatic heterocycles. The summed E-state index contributed by atoms with van der Waals surface area (Å²) in [6.07, 6.45) is 1.39. The lowest BCUT2D eigenvalue weighted by atomic mass is 10.6. The molecule has 1 N–H and O–H groups in total. The fraction of sp³-hybridized carbons (Fsp3) is 0.375. The first-order valence-electron chi connectivity index (χ1n) is 4.10. The van der Waals surface area contributed by atoms with E-state index in [2.05, 4.69) is 19.9 Å². The average Bonchev–Trinajstić information content (AvgIpc) is 2.51. The number of aromatic nitrogens is 4. The van der Waals surface area contributed by atoms with E-state index < -0.39 is 0 Å². The third kappa shape index (κ3) is 1.95. The number of nitrogens with one attached hydrogen (secondary N) is 1. The van der Waals surface area contributed by atoms with Gasteiger partial charge in [0.1, 0.15) is 17.7 Å². The minimum atomic E-state index is 0.413. The second-order valence-corrected chi connectivity index (χ2v) is 2.54. The molecule has 5 heteroatoms. The number of rotatable bonds is 0. The number of fused-ring (bicyclic) bond motifs is 1.